The summed E-state index contributed by atoms with van der Waals surface area (Å²) >= 11 is 0. The molecule has 1 fully saturated rings. The summed E-state index contributed by atoms with van der Waals surface area (Å²) in [5, 5.41) is 3.49. The first-order valence-electron chi connectivity index (χ1n) is 7.65. The molecule has 0 spiro atoms. The number of hydrogen-bond donors (Lipinski definition) is 2. The van der Waals surface area contributed by atoms with Crippen LogP contribution in [-0.2, 0) is 6.42 Å². The van der Waals surface area contributed by atoms with Crippen molar-refractivity contribution in [2.75, 3.05) is 37.7 Å². The van der Waals surface area contributed by atoms with Crippen LogP contribution in [0.4, 0.5) is 11.6 Å². The fourth-order valence-corrected chi connectivity index (χ4v) is 2.60. The number of hydrogen-bond acceptors (Lipinski definition) is 5. The number of rotatable bonds is 5. The van der Waals surface area contributed by atoms with Crippen molar-refractivity contribution in [1.29, 1.82) is 0 Å². The number of nitrogens with one attached hydrogen (secondary N) is 1. The molecule has 0 bridgehead atoms. The van der Waals surface area contributed by atoms with Gasteiger partial charge in [0.15, 0.2) is 0 Å². The Bertz CT molecular complexity index is 438. The number of likely N-dealkylation sites (tertiary alicyclic amines) is 1. The first-order chi connectivity index (χ1) is 9.60. The number of aromatic nitrogens is 2. The molecule has 0 aliphatic carbocycles. The molecular formula is C15H27N5. The van der Waals surface area contributed by atoms with Crippen molar-refractivity contribution in [3.8, 4) is 0 Å². The topological polar surface area (TPSA) is 67.1 Å². The van der Waals surface area contributed by atoms with Gasteiger partial charge in [0.05, 0.1) is 0 Å². The van der Waals surface area contributed by atoms with Crippen molar-refractivity contribution >= 4 is 11.6 Å². The molecular weight excluding hydrogens is 250 g/mol. The van der Waals surface area contributed by atoms with Gasteiger partial charge >= 0.3 is 0 Å². The van der Waals surface area contributed by atoms with Crippen molar-refractivity contribution in [3.05, 3.63) is 11.4 Å². The number of piperidine rings is 1. The van der Waals surface area contributed by atoms with Crippen LogP contribution in [0.25, 0.3) is 0 Å². The van der Waals surface area contributed by atoms with Gasteiger partial charge in [-0.3, -0.25) is 0 Å². The van der Waals surface area contributed by atoms with Crippen LogP contribution in [0.3, 0.4) is 0 Å². The lowest BCUT2D eigenvalue weighted by molar-refractivity contribution is 0.226. The average molecular weight is 277 g/mol. The Morgan fingerprint density at radius 1 is 1.30 bits per heavy atom. The van der Waals surface area contributed by atoms with Gasteiger partial charge in [-0.25, -0.2) is 9.97 Å². The first kappa shape index (κ1) is 15.0. The average Bonchev–Trinajstić information content (AvgIpc) is 2.43. The van der Waals surface area contributed by atoms with E-state index in [2.05, 4.69) is 34.2 Å². The third-order valence-electron chi connectivity index (χ3n) is 4.10. The molecule has 5 nitrogen and oxygen atoms in total. The molecule has 0 atom stereocenters. The zero-order valence-corrected chi connectivity index (χ0v) is 12.9. The molecule has 2 rings (SSSR count). The maximum atomic E-state index is 5.98. The summed E-state index contributed by atoms with van der Waals surface area (Å²) in [4.78, 5) is 11.4. The van der Waals surface area contributed by atoms with E-state index in [-0.39, 0.29) is 0 Å². The Kier molecular flexibility index (Phi) is 5.17. The molecule has 112 valence electrons. The van der Waals surface area contributed by atoms with Crippen molar-refractivity contribution < 1.29 is 0 Å². The highest BCUT2D eigenvalue weighted by Crippen LogP contribution is 2.21. The highest BCUT2D eigenvalue weighted by Gasteiger charge is 2.17. The van der Waals surface area contributed by atoms with Crippen molar-refractivity contribution in [3.63, 3.8) is 0 Å². The van der Waals surface area contributed by atoms with Gasteiger partial charge in [-0.1, -0.05) is 6.92 Å². The summed E-state index contributed by atoms with van der Waals surface area (Å²) in [5.74, 6) is 3.10. The van der Waals surface area contributed by atoms with Crippen LogP contribution < -0.4 is 11.1 Å². The highest BCUT2D eigenvalue weighted by molar-refractivity contribution is 5.54. The van der Waals surface area contributed by atoms with Gasteiger partial charge < -0.3 is 16.0 Å². The van der Waals surface area contributed by atoms with Gasteiger partial charge in [0.1, 0.15) is 17.5 Å². The molecule has 0 unspecified atom stereocenters. The van der Waals surface area contributed by atoms with Crippen LogP contribution in [0, 0.1) is 12.8 Å². The Morgan fingerprint density at radius 3 is 2.65 bits per heavy atom. The van der Waals surface area contributed by atoms with Crippen LogP contribution in [0.1, 0.15) is 37.6 Å². The minimum atomic E-state index is 0.606. The fraction of sp³-hybridized carbons (Fsp3) is 0.733. The molecule has 0 saturated carbocycles. The number of nitrogens with two attached hydrogens (primary N) is 1. The van der Waals surface area contributed by atoms with E-state index in [4.69, 9.17) is 5.73 Å². The Morgan fingerprint density at radius 2 is 2.00 bits per heavy atom. The van der Waals surface area contributed by atoms with Crippen LogP contribution in [0.15, 0.2) is 0 Å². The summed E-state index contributed by atoms with van der Waals surface area (Å²) in [6.45, 7) is 7.49. The Balaban J connectivity index is 1.97. The van der Waals surface area contributed by atoms with Crippen molar-refractivity contribution in [2.45, 2.75) is 39.5 Å². The summed E-state index contributed by atoms with van der Waals surface area (Å²) in [7, 11) is 2.19. The zero-order valence-electron chi connectivity index (χ0n) is 12.9. The van der Waals surface area contributed by atoms with E-state index in [0.717, 1.165) is 42.5 Å². The summed E-state index contributed by atoms with van der Waals surface area (Å²) < 4.78 is 0. The summed E-state index contributed by atoms with van der Waals surface area (Å²) in [6, 6.07) is 0. The molecule has 3 N–H and O–H groups in total. The normalized spacial score (nSPS) is 17.4. The van der Waals surface area contributed by atoms with Gasteiger partial charge in [-0.05, 0) is 52.2 Å². The van der Waals surface area contributed by atoms with Gasteiger partial charge in [-0.15, -0.1) is 0 Å². The van der Waals surface area contributed by atoms with Gasteiger partial charge in [0, 0.05) is 18.5 Å². The van der Waals surface area contributed by atoms with E-state index in [0.29, 0.717) is 5.82 Å². The summed E-state index contributed by atoms with van der Waals surface area (Å²) in [5.41, 5.74) is 6.95. The predicted octanol–water partition coefficient (Wildman–Crippen LogP) is 2.07. The fourth-order valence-electron chi connectivity index (χ4n) is 2.60. The molecule has 20 heavy (non-hydrogen) atoms. The molecule has 0 amide bonds. The monoisotopic (exact) mass is 277 g/mol. The second-order valence-corrected chi connectivity index (χ2v) is 5.88. The third kappa shape index (κ3) is 3.82. The SMILES string of the molecule is CCCc1nc(N)c(C)c(NCC2CCN(C)CC2)n1. The predicted molar refractivity (Wildman–Crippen MR) is 83.9 cm³/mol. The Labute approximate surface area is 122 Å². The van der Waals surface area contributed by atoms with E-state index in [1.54, 1.807) is 0 Å². The maximum Gasteiger partial charge on any atom is 0.134 e. The molecule has 0 aromatic carbocycles. The molecule has 1 saturated heterocycles. The van der Waals surface area contributed by atoms with E-state index in [1.165, 1.54) is 25.9 Å². The van der Waals surface area contributed by atoms with Crippen molar-refractivity contribution in [1.82, 2.24) is 14.9 Å². The second-order valence-electron chi connectivity index (χ2n) is 5.88. The number of anilines is 2. The molecule has 0 radical (unpaired) electrons. The molecule has 1 aliphatic heterocycles. The standard InChI is InChI=1S/C15H27N5/c1-4-5-13-18-14(16)11(2)15(19-13)17-10-12-6-8-20(3)9-7-12/h12H,4-10H2,1-3H3,(H3,16,17,18,19). The number of aryl methyl sites for hydroxylation is 1. The number of nitrogen functional groups attached to an aromatic ring is 1. The van der Waals surface area contributed by atoms with E-state index < -0.39 is 0 Å². The zero-order chi connectivity index (χ0) is 14.5. The lowest BCUT2D eigenvalue weighted by Crippen LogP contribution is -2.33. The van der Waals surface area contributed by atoms with E-state index in [9.17, 15) is 0 Å². The smallest absolute Gasteiger partial charge is 0.134 e. The quantitative estimate of drug-likeness (QED) is 0.862. The minimum Gasteiger partial charge on any atom is -0.383 e. The van der Waals surface area contributed by atoms with Gasteiger partial charge in [0.2, 0.25) is 0 Å². The van der Waals surface area contributed by atoms with Crippen molar-refractivity contribution in [2.24, 2.45) is 5.92 Å². The first-order valence-corrected chi connectivity index (χ1v) is 7.65. The van der Waals surface area contributed by atoms with Crippen LogP contribution in [-0.4, -0.2) is 41.5 Å². The van der Waals surface area contributed by atoms with Gasteiger partial charge in [0.25, 0.3) is 0 Å². The molecule has 1 aromatic heterocycles. The van der Waals surface area contributed by atoms with E-state index >= 15 is 0 Å². The van der Waals surface area contributed by atoms with Gasteiger partial charge in [-0.2, -0.15) is 0 Å². The van der Waals surface area contributed by atoms with Crippen LogP contribution >= 0.6 is 0 Å². The van der Waals surface area contributed by atoms with Crippen LogP contribution in [0.2, 0.25) is 0 Å². The molecule has 5 heteroatoms. The lowest BCUT2D eigenvalue weighted by atomic mass is 9.97. The lowest BCUT2D eigenvalue weighted by Gasteiger charge is -2.29. The minimum absolute atomic E-state index is 0.606. The summed E-state index contributed by atoms with van der Waals surface area (Å²) in [6.07, 6.45) is 4.43. The molecule has 1 aromatic rings. The molecule has 1 aliphatic rings. The third-order valence-corrected chi connectivity index (χ3v) is 4.10. The van der Waals surface area contributed by atoms with E-state index in [1.807, 2.05) is 6.92 Å². The number of nitrogens with zero attached hydrogens (tertiary/aromatic N) is 3. The Hall–Kier alpha value is -1.36. The molecule has 2 heterocycles. The second kappa shape index (κ2) is 6.88. The van der Waals surface area contributed by atoms with Crippen LogP contribution in [0.5, 0.6) is 0 Å². The maximum absolute atomic E-state index is 5.98. The highest BCUT2D eigenvalue weighted by atomic mass is 15.1. The largest absolute Gasteiger partial charge is 0.383 e.